The summed E-state index contributed by atoms with van der Waals surface area (Å²) in [6.45, 7) is 2.63. The quantitative estimate of drug-likeness (QED) is 0.185. The lowest BCUT2D eigenvalue weighted by Gasteiger charge is -2.28. The molecule has 1 aliphatic rings. The van der Waals surface area contributed by atoms with Crippen molar-refractivity contribution in [3.63, 3.8) is 0 Å². The van der Waals surface area contributed by atoms with E-state index in [9.17, 15) is 22.4 Å². The summed E-state index contributed by atoms with van der Waals surface area (Å²) in [6, 6.07) is 12.2. The normalized spacial score (nSPS) is 14.2. The van der Waals surface area contributed by atoms with E-state index in [1.165, 1.54) is 13.2 Å². The van der Waals surface area contributed by atoms with Gasteiger partial charge in [-0.2, -0.15) is 5.10 Å². The number of benzene rings is 2. The van der Waals surface area contributed by atoms with Crippen LogP contribution < -0.4 is 9.64 Å². The van der Waals surface area contributed by atoms with E-state index in [0.29, 0.717) is 35.7 Å². The van der Waals surface area contributed by atoms with Gasteiger partial charge in [0.25, 0.3) is 12.9 Å². The third-order valence-electron chi connectivity index (χ3n) is 5.95. The number of aromatic nitrogens is 2. The van der Waals surface area contributed by atoms with Crippen molar-refractivity contribution >= 4 is 29.1 Å². The molecule has 37 heavy (non-hydrogen) atoms. The zero-order valence-corrected chi connectivity index (χ0v) is 20.6. The minimum absolute atomic E-state index is 0.216. The van der Waals surface area contributed by atoms with Crippen molar-refractivity contribution in [3.8, 4) is 5.75 Å². The fraction of sp³-hybridized carbons (Fsp3) is 0.308. The highest BCUT2D eigenvalue weighted by Crippen LogP contribution is 2.35. The van der Waals surface area contributed by atoms with Gasteiger partial charge in [0.05, 0.1) is 31.9 Å². The number of ether oxygens (including phenoxy) is 2. The van der Waals surface area contributed by atoms with Crippen molar-refractivity contribution < 1.29 is 31.8 Å². The Morgan fingerprint density at radius 1 is 1.11 bits per heavy atom. The molecule has 4 rings (SSSR count). The van der Waals surface area contributed by atoms with Gasteiger partial charge in [-0.3, -0.25) is 9.48 Å². The van der Waals surface area contributed by atoms with Crippen LogP contribution in [0, 0.1) is 0 Å². The molecule has 1 saturated heterocycles. The van der Waals surface area contributed by atoms with Crippen molar-refractivity contribution in [1.29, 1.82) is 0 Å². The lowest BCUT2D eigenvalue weighted by atomic mass is 10.1. The van der Waals surface area contributed by atoms with E-state index in [2.05, 4.69) is 10.00 Å². The molecule has 0 radical (unpaired) electrons. The third-order valence-corrected chi connectivity index (χ3v) is 6.34. The van der Waals surface area contributed by atoms with Gasteiger partial charge in [-0.1, -0.05) is 23.7 Å². The molecule has 0 amide bonds. The molecule has 1 fully saturated rings. The maximum atomic E-state index is 13.6. The summed E-state index contributed by atoms with van der Waals surface area (Å²) >= 11 is 5.76. The smallest absolute Gasteiger partial charge is 0.283 e. The lowest BCUT2D eigenvalue weighted by molar-refractivity contribution is 0.104. The van der Waals surface area contributed by atoms with Crippen LogP contribution in [-0.4, -0.2) is 49.0 Å². The first-order valence-corrected chi connectivity index (χ1v) is 11.8. The number of alkyl halides is 4. The highest BCUT2D eigenvalue weighted by atomic mass is 35.5. The predicted molar refractivity (Wildman–Crippen MR) is 132 cm³/mol. The largest absolute Gasteiger partial charge is 0.496 e. The van der Waals surface area contributed by atoms with Gasteiger partial charge in [-0.25, -0.2) is 17.6 Å². The molecule has 6 nitrogen and oxygen atoms in total. The number of anilines is 1. The number of halogens is 5. The standard InChI is InChI=1S/C26H24ClF4N3O3/c1-36-21-9-3-16(14-18(21)15-34-24(26(30)31)22(27)23(32-34)25(28)29)2-8-20(35)17-4-6-19(7-5-17)33-10-12-37-13-11-33/h2-9,14,25-26H,10-13,15H2,1H3/b8-2+. The van der Waals surface area contributed by atoms with Crippen LogP contribution >= 0.6 is 11.6 Å². The van der Waals surface area contributed by atoms with Crippen molar-refractivity contribution in [2.24, 2.45) is 0 Å². The van der Waals surface area contributed by atoms with Gasteiger partial charge < -0.3 is 14.4 Å². The molecule has 0 N–H and O–H groups in total. The SMILES string of the molecule is COc1ccc(/C=C/C(=O)c2ccc(N3CCOCC3)cc2)cc1Cn1nc(C(F)F)c(Cl)c1C(F)F. The molecule has 0 unspecified atom stereocenters. The molecule has 196 valence electrons. The Morgan fingerprint density at radius 2 is 1.81 bits per heavy atom. The van der Waals surface area contributed by atoms with E-state index < -0.39 is 29.3 Å². The van der Waals surface area contributed by atoms with Crippen molar-refractivity contribution in [2.75, 3.05) is 38.3 Å². The second-order valence-electron chi connectivity index (χ2n) is 8.26. The average molecular weight is 538 g/mol. The molecule has 2 heterocycles. The number of carbonyl (C=O) groups excluding carboxylic acids is 1. The Kier molecular flexibility index (Phi) is 8.50. The van der Waals surface area contributed by atoms with Gasteiger partial charge in [-0.05, 0) is 48.0 Å². The van der Waals surface area contributed by atoms with Crippen LogP contribution in [0.1, 0.15) is 45.7 Å². The fourth-order valence-electron chi connectivity index (χ4n) is 4.05. The maximum absolute atomic E-state index is 13.6. The molecule has 0 atom stereocenters. The summed E-state index contributed by atoms with van der Waals surface area (Å²) in [4.78, 5) is 14.9. The van der Waals surface area contributed by atoms with Crippen LogP contribution in [0.4, 0.5) is 23.2 Å². The van der Waals surface area contributed by atoms with Gasteiger partial charge in [0.2, 0.25) is 0 Å². The Morgan fingerprint density at radius 3 is 2.43 bits per heavy atom. The molecular weight excluding hydrogens is 514 g/mol. The summed E-state index contributed by atoms with van der Waals surface area (Å²) in [5.74, 6) is 0.124. The minimum Gasteiger partial charge on any atom is -0.496 e. The summed E-state index contributed by atoms with van der Waals surface area (Å²) in [6.07, 6.45) is -3.22. The minimum atomic E-state index is -3.10. The molecule has 0 bridgehead atoms. The Balaban J connectivity index is 1.53. The molecule has 3 aromatic rings. The summed E-state index contributed by atoms with van der Waals surface area (Å²) in [7, 11) is 1.40. The van der Waals surface area contributed by atoms with Crippen LogP contribution in [0.5, 0.6) is 5.75 Å². The number of ketones is 1. The zero-order chi connectivity index (χ0) is 26.5. The lowest BCUT2D eigenvalue weighted by Crippen LogP contribution is -2.36. The monoisotopic (exact) mass is 537 g/mol. The second-order valence-corrected chi connectivity index (χ2v) is 8.64. The first-order valence-electron chi connectivity index (χ1n) is 11.4. The fourth-order valence-corrected chi connectivity index (χ4v) is 4.35. The Hall–Kier alpha value is -3.37. The van der Waals surface area contributed by atoms with Gasteiger partial charge >= 0.3 is 0 Å². The predicted octanol–water partition coefficient (Wildman–Crippen LogP) is 6.20. The molecular formula is C26H24ClF4N3O3. The molecule has 0 spiro atoms. The van der Waals surface area contributed by atoms with Crippen LogP contribution in [0.2, 0.25) is 5.02 Å². The summed E-state index contributed by atoms with van der Waals surface area (Å²) in [5, 5.41) is 2.84. The molecule has 11 heteroatoms. The maximum Gasteiger partial charge on any atom is 0.283 e. The van der Waals surface area contributed by atoms with E-state index >= 15 is 0 Å². The van der Waals surface area contributed by atoms with Crippen LogP contribution in [-0.2, 0) is 11.3 Å². The van der Waals surface area contributed by atoms with Crippen LogP contribution in [0.25, 0.3) is 6.08 Å². The van der Waals surface area contributed by atoms with Gasteiger partial charge in [-0.15, -0.1) is 0 Å². The number of nitrogens with zero attached hydrogens (tertiary/aromatic N) is 3. The number of allylic oxidation sites excluding steroid dienone is 1. The van der Waals surface area contributed by atoms with E-state index in [1.807, 2.05) is 12.1 Å². The van der Waals surface area contributed by atoms with E-state index in [-0.39, 0.29) is 12.3 Å². The Labute approximate surface area is 216 Å². The first kappa shape index (κ1) is 26.7. The zero-order valence-electron chi connectivity index (χ0n) is 19.8. The number of hydrogen-bond donors (Lipinski definition) is 0. The van der Waals surface area contributed by atoms with Crippen molar-refractivity contribution in [1.82, 2.24) is 9.78 Å². The van der Waals surface area contributed by atoms with E-state index in [0.717, 1.165) is 23.5 Å². The van der Waals surface area contributed by atoms with Gasteiger partial charge in [0, 0.05) is 29.9 Å². The van der Waals surface area contributed by atoms with E-state index in [4.69, 9.17) is 21.1 Å². The highest BCUT2D eigenvalue weighted by molar-refractivity contribution is 6.32. The number of hydrogen-bond acceptors (Lipinski definition) is 5. The molecule has 1 aromatic heterocycles. The summed E-state index contributed by atoms with van der Waals surface area (Å²) < 4.78 is 64.9. The van der Waals surface area contributed by atoms with Crippen LogP contribution in [0.15, 0.2) is 48.5 Å². The summed E-state index contributed by atoms with van der Waals surface area (Å²) in [5.41, 5.74) is 0.802. The first-order chi connectivity index (χ1) is 17.8. The van der Waals surface area contributed by atoms with Crippen molar-refractivity contribution in [3.05, 3.63) is 81.6 Å². The number of morpholine rings is 1. The second kappa shape index (κ2) is 11.8. The Bertz CT molecular complexity index is 1270. The van der Waals surface area contributed by atoms with Crippen molar-refractivity contribution in [2.45, 2.75) is 19.4 Å². The topological polar surface area (TPSA) is 56.6 Å². The molecule has 2 aromatic carbocycles. The number of carbonyl (C=O) groups is 1. The number of methoxy groups -OCH3 is 1. The molecule has 1 aliphatic heterocycles. The molecule has 0 aliphatic carbocycles. The number of rotatable bonds is 9. The van der Waals surface area contributed by atoms with E-state index in [1.54, 1.807) is 36.4 Å². The average Bonchev–Trinajstić information content (AvgIpc) is 3.24. The van der Waals surface area contributed by atoms with Gasteiger partial charge in [0.1, 0.15) is 17.1 Å². The van der Waals surface area contributed by atoms with Crippen LogP contribution in [0.3, 0.4) is 0 Å². The highest BCUT2D eigenvalue weighted by Gasteiger charge is 2.28. The third kappa shape index (κ3) is 6.14. The van der Waals surface area contributed by atoms with Gasteiger partial charge in [0.15, 0.2) is 5.78 Å². The molecule has 0 saturated carbocycles.